The number of nitrogens with zero attached hydrogens (tertiary/aromatic N) is 1. The molecular weight excluding hydrogens is 388 g/mol. The minimum atomic E-state index is -0.993. The number of ether oxygens (including phenoxy) is 1. The Morgan fingerprint density at radius 2 is 1.50 bits per heavy atom. The number of rotatable bonds is 8. The van der Waals surface area contributed by atoms with Gasteiger partial charge in [-0.05, 0) is 49.2 Å². The number of carbonyl (C=O) groups is 3. The van der Waals surface area contributed by atoms with Gasteiger partial charge >= 0.3 is 18.0 Å². The largest absolute Gasteiger partial charge is 0.478 e. The van der Waals surface area contributed by atoms with Crippen LogP contribution in [0.3, 0.4) is 0 Å². The van der Waals surface area contributed by atoms with Gasteiger partial charge in [-0.2, -0.15) is 0 Å². The van der Waals surface area contributed by atoms with Gasteiger partial charge < -0.3 is 20.3 Å². The molecule has 8 nitrogen and oxygen atoms in total. The predicted molar refractivity (Wildman–Crippen MR) is 109 cm³/mol. The van der Waals surface area contributed by atoms with E-state index < -0.39 is 18.0 Å². The molecule has 3 atom stereocenters. The minimum absolute atomic E-state index is 0.0402. The van der Waals surface area contributed by atoms with Crippen molar-refractivity contribution in [3.63, 3.8) is 0 Å². The second-order valence-electron chi connectivity index (χ2n) is 7.32. The smallest absolute Gasteiger partial charge is 0.410 e. The lowest BCUT2D eigenvalue weighted by molar-refractivity contribution is 0.0686. The molecule has 0 aliphatic carbocycles. The zero-order valence-corrected chi connectivity index (χ0v) is 16.7. The Kier molecular flexibility index (Phi) is 6.37. The number of nitrogens with one attached hydrogen (secondary N) is 1. The number of hydrogen-bond acceptors (Lipinski definition) is 5. The van der Waals surface area contributed by atoms with Gasteiger partial charge in [0.2, 0.25) is 0 Å². The molecule has 30 heavy (non-hydrogen) atoms. The lowest BCUT2D eigenvalue weighted by Gasteiger charge is -2.22. The quantitative estimate of drug-likeness (QED) is 0.609. The van der Waals surface area contributed by atoms with E-state index in [1.165, 1.54) is 12.1 Å². The van der Waals surface area contributed by atoms with Gasteiger partial charge in [0.15, 0.2) is 0 Å². The molecule has 158 valence electrons. The molecule has 1 aliphatic rings. The van der Waals surface area contributed by atoms with Gasteiger partial charge in [-0.25, -0.2) is 14.4 Å². The summed E-state index contributed by atoms with van der Waals surface area (Å²) in [6, 6.07) is 12.8. The molecule has 1 heterocycles. The predicted octanol–water partition coefficient (Wildman–Crippen LogP) is 3.32. The van der Waals surface area contributed by atoms with E-state index in [1.807, 2.05) is 13.8 Å². The van der Waals surface area contributed by atoms with Crippen LogP contribution in [-0.4, -0.2) is 52.3 Å². The van der Waals surface area contributed by atoms with Crippen LogP contribution < -0.4 is 5.32 Å². The second-order valence-corrected chi connectivity index (χ2v) is 7.32. The Morgan fingerprint density at radius 1 is 1.00 bits per heavy atom. The number of aromatic carboxylic acids is 2. The van der Waals surface area contributed by atoms with Gasteiger partial charge in [0, 0.05) is 12.6 Å². The molecule has 8 heteroatoms. The topological polar surface area (TPSA) is 116 Å². The molecule has 0 aromatic heterocycles. The highest BCUT2D eigenvalue weighted by Crippen LogP contribution is 2.26. The number of amides is 1. The van der Waals surface area contributed by atoms with E-state index in [9.17, 15) is 14.4 Å². The molecule has 0 spiro atoms. The van der Waals surface area contributed by atoms with E-state index in [2.05, 4.69) is 5.32 Å². The summed E-state index contributed by atoms with van der Waals surface area (Å²) in [7, 11) is 0. The van der Waals surface area contributed by atoms with E-state index in [4.69, 9.17) is 14.9 Å². The van der Waals surface area contributed by atoms with Crippen molar-refractivity contribution in [2.24, 2.45) is 0 Å². The number of cyclic esters (lactones) is 1. The zero-order chi connectivity index (χ0) is 21.8. The van der Waals surface area contributed by atoms with Crippen LogP contribution in [0.1, 0.15) is 57.8 Å². The average Bonchev–Trinajstić information content (AvgIpc) is 3.12. The van der Waals surface area contributed by atoms with Crippen molar-refractivity contribution in [2.75, 3.05) is 13.1 Å². The summed E-state index contributed by atoms with van der Waals surface area (Å²) < 4.78 is 5.47. The highest BCUT2D eigenvalue weighted by Gasteiger charge is 2.35. The first kappa shape index (κ1) is 21.3. The van der Waals surface area contributed by atoms with E-state index in [1.54, 1.807) is 41.3 Å². The van der Waals surface area contributed by atoms with Crippen molar-refractivity contribution >= 4 is 18.0 Å². The highest BCUT2D eigenvalue weighted by atomic mass is 16.6. The van der Waals surface area contributed by atoms with Crippen molar-refractivity contribution in [3.8, 4) is 0 Å². The number of carboxylic acid groups (broad SMARTS) is 2. The fraction of sp³-hybridized carbons (Fsp3) is 0.318. The van der Waals surface area contributed by atoms with Gasteiger partial charge in [-0.1, -0.05) is 24.3 Å². The number of carbonyl (C=O) groups excluding carboxylic acids is 1. The molecular formula is C22H24N2O6. The summed E-state index contributed by atoms with van der Waals surface area (Å²) in [5.41, 5.74) is 2.20. The van der Waals surface area contributed by atoms with Crippen molar-refractivity contribution < 1.29 is 29.3 Å². The standard InChI is InChI=1S/C22H24N2O6/c1-13(15-3-7-17(8-4-15)20(25)26)23-11-19-12-24(22(29)30-19)14(2)16-5-9-18(10-6-16)21(27)28/h3-10,13-14,19,23H,11-12H2,1-2H3,(H,25,26)(H,27,28)/t13-,14-,19+/m0/s1. The zero-order valence-electron chi connectivity index (χ0n) is 16.7. The first-order valence-corrected chi connectivity index (χ1v) is 9.63. The Bertz CT molecular complexity index is 926. The molecule has 3 N–H and O–H groups in total. The second kappa shape index (κ2) is 8.96. The molecule has 1 fully saturated rings. The Balaban J connectivity index is 1.56. The van der Waals surface area contributed by atoms with Crippen LogP contribution in [0.4, 0.5) is 4.79 Å². The SMILES string of the molecule is C[C@H](NC[C@@H]1CN([C@@H](C)c2ccc(C(=O)O)cc2)C(=O)O1)c1ccc(C(=O)O)cc1. The number of benzene rings is 2. The summed E-state index contributed by atoms with van der Waals surface area (Å²) in [5, 5.41) is 21.3. The van der Waals surface area contributed by atoms with Crippen molar-refractivity contribution in [3.05, 3.63) is 70.8 Å². The lowest BCUT2D eigenvalue weighted by Crippen LogP contribution is -2.33. The van der Waals surface area contributed by atoms with Gasteiger partial charge in [0.25, 0.3) is 0 Å². The van der Waals surface area contributed by atoms with Gasteiger partial charge in [-0.3, -0.25) is 4.90 Å². The van der Waals surface area contributed by atoms with Crippen LogP contribution in [-0.2, 0) is 4.74 Å². The van der Waals surface area contributed by atoms with Crippen LogP contribution in [0.15, 0.2) is 48.5 Å². The molecule has 2 aromatic rings. The van der Waals surface area contributed by atoms with E-state index in [-0.39, 0.29) is 29.3 Å². The van der Waals surface area contributed by atoms with Crippen LogP contribution in [0, 0.1) is 0 Å². The molecule has 3 rings (SSSR count). The molecule has 1 amide bonds. The van der Waals surface area contributed by atoms with Crippen molar-refractivity contribution in [1.29, 1.82) is 0 Å². The van der Waals surface area contributed by atoms with Crippen LogP contribution in [0.25, 0.3) is 0 Å². The summed E-state index contributed by atoms with van der Waals surface area (Å²) in [6.07, 6.45) is -0.728. The van der Waals surface area contributed by atoms with Crippen molar-refractivity contribution in [1.82, 2.24) is 10.2 Å². The average molecular weight is 412 g/mol. The molecule has 0 radical (unpaired) electrons. The van der Waals surface area contributed by atoms with Crippen LogP contribution >= 0.6 is 0 Å². The fourth-order valence-electron chi connectivity index (χ4n) is 3.39. The van der Waals surface area contributed by atoms with Crippen molar-refractivity contribution in [2.45, 2.75) is 32.0 Å². The molecule has 1 saturated heterocycles. The first-order valence-electron chi connectivity index (χ1n) is 9.63. The van der Waals surface area contributed by atoms with Gasteiger partial charge in [0.1, 0.15) is 6.10 Å². The monoisotopic (exact) mass is 412 g/mol. The molecule has 0 saturated carbocycles. The minimum Gasteiger partial charge on any atom is -0.478 e. The normalized spacial score (nSPS) is 18.0. The first-order chi connectivity index (χ1) is 14.3. The highest BCUT2D eigenvalue weighted by molar-refractivity contribution is 5.88. The summed E-state index contributed by atoms with van der Waals surface area (Å²) in [6.45, 7) is 4.70. The lowest BCUT2D eigenvalue weighted by atomic mass is 10.0. The summed E-state index contributed by atoms with van der Waals surface area (Å²) in [4.78, 5) is 35.9. The third-order valence-corrected chi connectivity index (χ3v) is 5.32. The summed E-state index contributed by atoms with van der Waals surface area (Å²) >= 11 is 0. The Morgan fingerprint density at radius 3 is 2.00 bits per heavy atom. The van der Waals surface area contributed by atoms with Gasteiger partial charge in [-0.15, -0.1) is 0 Å². The van der Waals surface area contributed by atoms with Crippen LogP contribution in [0.2, 0.25) is 0 Å². The Hall–Kier alpha value is -3.39. The Labute approximate surface area is 174 Å². The van der Waals surface area contributed by atoms with E-state index >= 15 is 0 Å². The van der Waals surface area contributed by atoms with Crippen LogP contribution in [0.5, 0.6) is 0 Å². The van der Waals surface area contributed by atoms with E-state index in [0.717, 1.165) is 11.1 Å². The maximum Gasteiger partial charge on any atom is 0.410 e. The number of hydrogen-bond donors (Lipinski definition) is 3. The van der Waals surface area contributed by atoms with E-state index in [0.29, 0.717) is 13.1 Å². The number of carboxylic acids is 2. The summed E-state index contributed by atoms with van der Waals surface area (Å²) in [5.74, 6) is -1.96. The maximum absolute atomic E-state index is 12.3. The molecule has 1 aliphatic heterocycles. The van der Waals surface area contributed by atoms with Gasteiger partial charge in [0.05, 0.1) is 23.7 Å². The fourth-order valence-corrected chi connectivity index (χ4v) is 3.39. The molecule has 2 aromatic carbocycles. The third kappa shape index (κ3) is 4.77. The maximum atomic E-state index is 12.3. The molecule has 0 bridgehead atoms. The third-order valence-electron chi connectivity index (χ3n) is 5.32. The molecule has 0 unspecified atom stereocenters.